The average molecular weight is 626 g/mol. The quantitative estimate of drug-likeness (QED) is 0.207. The Kier molecular flexibility index (Phi) is 11.8. The van der Waals surface area contributed by atoms with E-state index >= 15 is 4.39 Å². The highest BCUT2D eigenvalue weighted by molar-refractivity contribution is 7.99. The van der Waals surface area contributed by atoms with Crippen molar-refractivity contribution in [2.75, 3.05) is 31.1 Å². The number of hydrogen-bond donors (Lipinski definition) is 1. The van der Waals surface area contributed by atoms with Crippen LogP contribution in [0.3, 0.4) is 0 Å². The van der Waals surface area contributed by atoms with E-state index < -0.39 is 5.82 Å². The second kappa shape index (κ2) is 15.3. The van der Waals surface area contributed by atoms with Crippen molar-refractivity contribution in [3.8, 4) is 0 Å². The van der Waals surface area contributed by atoms with Gasteiger partial charge in [0.1, 0.15) is 11.6 Å². The zero-order chi connectivity index (χ0) is 31.9. The molecule has 0 saturated heterocycles. The van der Waals surface area contributed by atoms with Gasteiger partial charge in [-0.1, -0.05) is 51.1 Å². The summed E-state index contributed by atoms with van der Waals surface area (Å²) in [6, 6.07) is 13.8. The summed E-state index contributed by atoms with van der Waals surface area (Å²) in [5, 5.41) is 0. The fraction of sp³-hybridized carbons (Fsp3) is 0.514. The molecular formula is C35H45F2N3O3S. The van der Waals surface area contributed by atoms with Gasteiger partial charge in [0.15, 0.2) is 0 Å². The van der Waals surface area contributed by atoms with Crippen LogP contribution in [0.2, 0.25) is 0 Å². The fourth-order valence-electron chi connectivity index (χ4n) is 7.02. The van der Waals surface area contributed by atoms with Gasteiger partial charge in [0.05, 0.1) is 5.75 Å². The van der Waals surface area contributed by atoms with Gasteiger partial charge >= 0.3 is 0 Å². The molecule has 3 unspecified atom stereocenters. The van der Waals surface area contributed by atoms with Crippen LogP contribution in [0.5, 0.6) is 0 Å². The maximum atomic E-state index is 15.0. The summed E-state index contributed by atoms with van der Waals surface area (Å²) in [6.45, 7) is 7.77. The van der Waals surface area contributed by atoms with E-state index in [0.717, 1.165) is 12.5 Å². The van der Waals surface area contributed by atoms with Crippen LogP contribution in [0.15, 0.2) is 60.7 Å². The van der Waals surface area contributed by atoms with Crippen LogP contribution >= 0.6 is 11.8 Å². The lowest BCUT2D eigenvalue weighted by molar-refractivity contribution is -0.137. The highest BCUT2D eigenvalue weighted by atomic mass is 32.2. The predicted octanol–water partition coefficient (Wildman–Crippen LogP) is 5.96. The fourth-order valence-corrected chi connectivity index (χ4v) is 7.84. The Hall–Kier alpha value is -3.04. The zero-order valence-corrected chi connectivity index (χ0v) is 26.8. The van der Waals surface area contributed by atoms with Crippen LogP contribution in [0.1, 0.15) is 63.5 Å². The third kappa shape index (κ3) is 8.57. The molecule has 2 aliphatic rings. The SMILES string of the molecule is CC(C)(C)[C@H](C1CC(c2cc(F)ccc2F)CC1Cc1ccccc1)N(CCCN)C(=O)CSCCCN1C(=O)C=CC1=O. The molecule has 0 spiro atoms. The monoisotopic (exact) mass is 625 g/mol. The molecule has 2 N–H and O–H groups in total. The van der Waals surface area contributed by atoms with Crippen LogP contribution in [0, 0.1) is 28.9 Å². The summed E-state index contributed by atoms with van der Waals surface area (Å²) in [5.41, 5.74) is 7.26. The first kappa shape index (κ1) is 33.8. The molecule has 1 aliphatic heterocycles. The molecule has 1 heterocycles. The van der Waals surface area contributed by atoms with Gasteiger partial charge in [-0.05, 0) is 96.9 Å². The molecule has 3 amide bonds. The standard InChI is InChI=1S/C35H45F2N3O3S/c1-35(2,3)34(40(16-7-15-38)33(43)23-44-18-8-17-39-31(41)13-14-32(39)42)29-21-26(28-22-27(36)11-12-30(28)37)20-25(29)19-24-9-5-4-6-10-24/h4-6,9-14,22,25-26,29,34H,7-8,15-21,23,38H2,1-3H3/t25?,26?,29?,34-/m0/s1. The number of carbonyl (C=O) groups is 3. The number of halogens is 2. The highest BCUT2D eigenvalue weighted by Gasteiger charge is 2.47. The van der Waals surface area contributed by atoms with Gasteiger partial charge in [-0.2, -0.15) is 11.8 Å². The van der Waals surface area contributed by atoms with Crippen LogP contribution in [-0.4, -0.2) is 64.7 Å². The van der Waals surface area contributed by atoms with Gasteiger partial charge in [-0.25, -0.2) is 8.78 Å². The summed E-state index contributed by atoms with van der Waals surface area (Å²) in [5.74, 6) is -0.410. The number of amides is 3. The number of nitrogens with zero attached hydrogens (tertiary/aromatic N) is 2. The maximum absolute atomic E-state index is 15.0. The molecule has 1 aliphatic carbocycles. The van der Waals surface area contributed by atoms with E-state index in [0.29, 0.717) is 56.6 Å². The summed E-state index contributed by atoms with van der Waals surface area (Å²) in [7, 11) is 0. The third-order valence-electron chi connectivity index (χ3n) is 8.84. The van der Waals surface area contributed by atoms with Crippen LogP contribution in [0.4, 0.5) is 8.78 Å². The zero-order valence-electron chi connectivity index (χ0n) is 26.0. The lowest BCUT2D eigenvalue weighted by Gasteiger charge is -2.46. The van der Waals surface area contributed by atoms with Gasteiger partial charge < -0.3 is 10.6 Å². The summed E-state index contributed by atoms with van der Waals surface area (Å²) >= 11 is 1.50. The minimum absolute atomic E-state index is 0.0252. The van der Waals surface area contributed by atoms with Crippen molar-refractivity contribution in [1.29, 1.82) is 0 Å². The largest absolute Gasteiger partial charge is 0.338 e. The molecule has 4 rings (SSSR count). The summed E-state index contributed by atoms with van der Waals surface area (Å²) in [4.78, 5) is 40.8. The molecule has 0 bridgehead atoms. The van der Waals surface area contributed by atoms with Crippen molar-refractivity contribution < 1.29 is 23.2 Å². The first-order valence-electron chi connectivity index (χ1n) is 15.6. The van der Waals surface area contributed by atoms with E-state index in [-0.39, 0.29) is 58.5 Å². The Balaban J connectivity index is 1.55. The number of imide groups is 1. The van der Waals surface area contributed by atoms with Crippen molar-refractivity contribution in [2.45, 2.75) is 64.8 Å². The number of thioether (sulfide) groups is 1. The molecule has 9 heteroatoms. The molecule has 0 radical (unpaired) electrons. The molecule has 44 heavy (non-hydrogen) atoms. The van der Waals surface area contributed by atoms with E-state index in [4.69, 9.17) is 5.73 Å². The van der Waals surface area contributed by atoms with Crippen LogP contribution in [0.25, 0.3) is 0 Å². The minimum Gasteiger partial charge on any atom is -0.338 e. The number of carbonyl (C=O) groups excluding carboxylic acids is 3. The molecule has 1 fully saturated rings. The Morgan fingerprint density at radius 2 is 1.75 bits per heavy atom. The van der Waals surface area contributed by atoms with Gasteiger partial charge in [-0.15, -0.1) is 0 Å². The lowest BCUT2D eigenvalue weighted by Crippen LogP contribution is -2.53. The first-order chi connectivity index (χ1) is 21.0. The predicted molar refractivity (Wildman–Crippen MR) is 172 cm³/mol. The number of nitrogens with two attached hydrogens (primary N) is 1. The average Bonchev–Trinajstić information content (AvgIpc) is 3.53. The van der Waals surface area contributed by atoms with E-state index in [9.17, 15) is 18.8 Å². The lowest BCUT2D eigenvalue weighted by atomic mass is 9.72. The van der Waals surface area contributed by atoms with Crippen LogP contribution in [-0.2, 0) is 20.8 Å². The normalized spacial score (nSPS) is 20.9. The topological polar surface area (TPSA) is 83.7 Å². The Labute approximate surface area is 264 Å². The molecule has 0 aromatic heterocycles. The van der Waals surface area contributed by atoms with Crippen molar-refractivity contribution in [3.63, 3.8) is 0 Å². The van der Waals surface area contributed by atoms with E-state index in [2.05, 4.69) is 32.9 Å². The van der Waals surface area contributed by atoms with E-state index in [1.165, 1.54) is 46.5 Å². The Morgan fingerprint density at radius 3 is 2.41 bits per heavy atom. The molecular weight excluding hydrogens is 580 g/mol. The maximum Gasteiger partial charge on any atom is 0.253 e. The smallest absolute Gasteiger partial charge is 0.253 e. The molecule has 4 atom stereocenters. The second-order valence-electron chi connectivity index (χ2n) is 13.1. The van der Waals surface area contributed by atoms with Crippen molar-refractivity contribution >= 4 is 29.5 Å². The first-order valence-corrected chi connectivity index (χ1v) is 16.7. The number of hydrogen-bond acceptors (Lipinski definition) is 5. The van der Waals surface area contributed by atoms with Crippen LogP contribution < -0.4 is 5.73 Å². The summed E-state index contributed by atoms with van der Waals surface area (Å²) < 4.78 is 29.3. The second-order valence-corrected chi connectivity index (χ2v) is 14.2. The van der Waals surface area contributed by atoms with E-state index in [1.54, 1.807) is 0 Å². The molecule has 2 aromatic rings. The molecule has 1 saturated carbocycles. The van der Waals surface area contributed by atoms with Gasteiger partial charge in [0, 0.05) is 31.3 Å². The van der Waals surface area contributed by atoms with Gasteiger partial charge in [0.2, 0.25) is 5.91 Å². The van der Waals surface area contributed by atoms with Crippen molar-refractivity contribution in [3.05, 3.63) is 83.4 Å². The van der Waals surface area contributed by atoms with Gasteiger partial charge in [0.25, 0.3) is 11.8 Å². The number of benzene rings is 2. The minimum atomic E-state index is -0.441. The Bertz CT molecular complexity index is 1310. The third-order valence-corrected chi connectivity index (χ3v) is 9.87. The van der Waals surface area contributed by atoms with Crippen molar-refractivity contribution in [2.24, 2.45) is 23.0 Å². The highest BCUT2D eigenvalue weighted by Crippen LogP contribution is 2.50. The molecule has 2 aromatic carbocycles. The van der Waals surface area contributed by atoms with Crippen molar-refractivity contribution in [1.82, 2.24) is 9.80 Å². The van der Waals surface area contributed by atoms with Gasteiger partial charge in [-0.3, -0.25) is 19.3 Å². The Morgan fingerprint density at radius 1 is 1.05 bits per heavy atom. The van der Waals surface area contributed by atoms with E-state index in [1.807, 2.05) is 23.1 Å². The number of rotatable bonds is 14. The molecule has 6 nitrogen and oxygen atoms in total. The molecule has 238 valence electrons. The summed E-state index contributed by atoms with van der Waals surface area (Å²) in [6.07, 6.45) is 5.99.